The van der Waals surface area contributed by atoms with Crippen LogP contribution in [0.1, 0.15) is 52.6 Å². The summed E-state index contributed by atoms with van der Waals surface area (Å²) in [7, 11) is 0. The van der Waals surface area contributed by atoms with Crippen molar-refractivity contribution in [2.24, 2.45) is 0 Å². The molecule has 0 saturated carbocycles. The molecule has 1 nitrogen and oxygen atoms in total. The number of hydrogen-bond acceptors (Lipinski definition) is 2. The lowest BCUT2D eigenvalue weighted by Crippen LogP contribution is -2.19. The Bertz CT molecular complexity index is 583. The van der Waals surface area contributed by atoms with E-state index >= 15 is 0 Å². The summed E-state index contributed by atoms with van der Waals surface area (Å²) in [6.45, 7) is 12.0. The van der Waals surface area contributed by atoms with Crippen LogP contribution in [0.15, 0.2) is 23.6 Å². The van der Waals surface area contributed by atoms with Crippen LogP contribution in [0.25, 0.3) is 0 Å². The zero-order chi connectivity index (χ0) is 14.7. The van der Waals surface area contributed by atoms with Crippen LogP contribution in [-0.4, -0.2) is 0 Å². The summed E-state index contributed by atoms with van der Waals surface area (Å²) in [5.74, 6) is 0. The second kappa shape index (κ2) is 6.55. The number of nitrogens with one attached hydrogen (secondary N) is 1. The topological polar surface area (TPSA) is 12.0 Å². The fraction of sp³-hybridized carbons (Fsp3) is 0.444. The van der Waals surface area contributed by atoms with Crippen molar-refractivity contribution in [3.05, 3.63) is 56.3 Å². The van der Waals surface area contributed by atoms with Crippen LogP contribution in [0.2, 0.25) is 0 Å². The first-order valence-corrected chi connectivity index (χ1v) is 8.27. The van der Waals surface area contributed by atoms with Crippen LogP contribution in [0.3, 0.4) is 0 Å². The molecule has 1 unspecified atom stereocenters. The average molecular weight is 287 g/mol. The molecule has 0 spiro atoms. The lowest BCUT2D eigenvalue weighted by atomic mass is 9.96. The standard InChI is InChI=1S/C18H25NS/c1-6-16-7-8-20-18(16)11-19-15(5)17-10-13(3)12(2)9-14(17)4/h7-10,15,19H,6,11H2,1-5H3. The van der Waals surface area contributed by atoms with Gasteiger partial charge in [0.2, 0.25) is 0 Å². The smallest absolute Gasteiger partial charge is 0.0308 e. The molecule has 20 heavy (non-hydrogen) atoms. The van der Waals surface area contributed by atoms with E-state index in [0.29, 0.717) is 6.04 Å². The molecule has 2 aromatic rings. The predicted octanol–water partition coefficient (Wildman–Crippen LogP) is 5.09. The van der Waals surface area contributed by atoms with Crippen molar-refractivity contribution >= 4 is 11.3 Å². The third-order valence-electron chi connectivity index (χ3n) is 4.14. The van der Waals surface area contributed by atoms with Crippen LogP contribution in [0.4, 0.5) is 0 Å². The minimum absolute atomic E-state index is 0.390. The minimum Gasteiger partial charge on any atom is -0.305 e. The van der Waals surface area contributed by atoms with E-state index in [2.05, 4.69) is 63.5 Å². The fourth-order valence-corrected chi connectivity index (χ4v) is 3.57. The average Bonchev–Trinajstić information content (AvgIpc) is 2.87. The number of aryl methyl sites for hydroxylation is 4. The summed E-state index contributed by atoms with van der Waals surface area (Å²) in [6.07, 6.45) is 1.12. The molecule has 0 aliphatic rings. The van der Waals surface area contributed by atoms with Crippen molar-refractivity contribution in [2.45, 2.75) is 53.6 Å². The highest BCUT2D eigenvalue weighted by Gasteiger charge is 2.11. The first kappa shape index (κ1) is 15.3. The van der Waals surface area contributed by atoms with Gasteiger partial charge in [0.05, 0.1) is 0 Å². The molecule has 0 aliphatic carbocycles. The molecular formula is C18H25NS. The van der Waals surface area contributed by atoms with Gasteiger partial charge in [0, 0.05) is 17.5 Å². The van der Waals surface area contributed by atoms with Gasteiger partial charge >= 0.3 is 0 Å². The van der Waals surface area contributed by atoms with Crippen molar-refractivity contribution in [3.8, 4) is 0 Å². The second-order valence-electron chi connectivity index (χ2n) is 5.62. The summed E-state index contributed by atoms with van der Waals surface area (Å²) >= 11 is 1.86. The normalized spacial score (nSPS) is 12.7. The van der Waals surface area contributed by atoms with Gasteiger partial charge in [-0.05, 0) is 73.4 Å². The van der Waals surface area contributed by atoms with Crippen molar-refractivity contribution in [1.82, 2.24) is 5.32 Å². The number of hydrogen-bond donors (Lipinski definition) is 1. The van der Waals surface area contributed by atoms with Gasteiger partial charge in [-0.25, -0.2) is 0 Å². The Morgan fingerprint density at radius 2 is 1.80 bits per heavy atom. The third kappa shape index (κ3) is 3.31. The molecule has 1 heterocycles. The Morgan fingerprint density at radius 1 is 1.10 bits per heavy atom. The molecule has 108 valence electrons. The highest BCUT2D eigenvalue weighted by atomic mass is 32.1. The molecule has 1 aromatic carbocycles. The van der Waals surface area contributed by atoms with Gasteiger partial charge < -0.3 is 5.32 Å². The Balaban J connectivity index is 2.09. The van der Waals surface area contributed by atoms with Crippen molar-refractivity contribution in [3.63, 3.8) is 0 Å². The number of rotatable bonds is 5. The van der Waals surface area contributed by atoms with E-state index in [1.165, 1.54) is 32.7 Å². The van der Waals surface area contributed by atoms with Crippen molar-refractivity contribution in [1.29, 1.82) is 0 Å². The maximum absolute atomic E-state index is 3.67. The quantitative estimate of drug-likeness (QED) is 0.808. The van der Waals surface area contributed by atoms with E-state index in [4.69, 9.17) is 0 Å². The molecule has 0 bridgehead atoms. The van der Waals surface area contributed by atoms with Crippen LogP contribution in [-0.2, 0) is 13.0 Å². The van der Waals surface area contributed by atoms with E-state index in [1.54, 1.807) is 0 Å². The molecule has 1 N–H and O–H groups in total. The summed E-state index contributed by atoms with van der Waals surface area (Å²) in [4.78, 5) is 1.47. The van der Waals surface area contributed by atoms with Gasteiger partial charge in [0.1, 0.15) is 0 Å². The zero-order valence-corrected chi connectivity index (χ0v) is 14.0. The Labute approximate surface area is 127 Å². The van der Waals surface area contributed by atoms with E-state index in [-0.39, 0.29) is 0 Å². The van der Waals surface area contributed by atoms with Crippen LogP contribution >= 0.6 is 11.3 Å². The highest BCUT2D eigenvalue weighted by Crippen LogP contribution is 2.23. The molecule has 0 amide bonds. The van der Waals surface area contributed by atoms with E-state index in [9.17, 15) is 0 Å². The van der Waals surface area contributed by atoms with Crippen LogP contribution in [0, 0.1) is 20.8 Å². The maximum atomic E-state index is 3.67. The first-order valence-electron chi connectivity index (χ1n) is 7.39. The minimum atomic E-state index is 0.390. The molecular weight excluding hydrogens is 262 g/mol. The zero-order valence-electron chi connectivity index (χ0n) is 13.2. The predicted molar refractivity (Wildman–Crippen MR) is 89.6 cm³/mol. The fourth-order valence-electron chi connectivity index (χ4n) is 2.64. The Morgan fingerprint density at radius 3 is 2.50 bits per heavy atom. The van der Waals surface area contributed by atoms with E-state index in [0.717, 1.165) is 13.0 Å². The Hall–Kier alpha value is -1.12. The summed E-state index contributed by atoms with van der Waals surface area (Å²) in [5, 5.41) is 5.87. The molecule has 1 aromatic heterocycles. The Kier molecular flexibility index (Phi) is 5.00. The summed E-state index contributed by atoms with van der Waals surface area (Å²) in [6, 6.07) is 7.26. The molecule has 1 atom stereocenters. The lowest BCUT2D eigenvalue weighted by molar-refractivity contribution is 0.574. The van der Waals surface area contributed by atoms with Gasteiger partial charge in [-0.1, -0.05) is 19.1 Å². The van der Waals surface area contributed by atoms with Crippen LogP contribution < -0.4 is 5.32 Å². The number of thiophene rings is 1. The number of benzene rings is 1. The molecule has 0 aliphatic heterocycles. The van der Waals surface area contributed by atoms with Crippen molar-refractivity contribution in [2.75, 3.05) is 0 Å². The lowest BCUT2D eigenvalue weighted by Gasteiger charge is -2.18. The van der Waals surface area contributed by atoms with Crippen LogP contribution in [0.5, 0.6) is 0 Å². The first-order chi connectivity index (χ1) is 9.52. The molecule has 0 fully saturated rings. The maximum Gasteiger partial charge on any atom is 0.0308 e. The highest BCUT2D eigenvalue weighted by molar-refractivity contribution is 7.10. The van der Waals surface area contributed by atoms with Crippen molar-refractivity contribution < 1.29 is 0 Å². The monoisotopic (exact) mass is 287 g/mol. The van der Waals surface area contributed by atoms with Gasteiger partial charge in [-0.3, -0.25) is 0 Å². The molecule has 0 saturated heterocycles. The van der Waals surface area contributed by atoms with Gasteiger partial charge in [0.25, 0.3) is 0 Å². The molecule has 2 rings (SSSR count). The van der Waals surface area contributed by atoms with Gasteiger partial charge in [-0.2, -0.15) is 0 Å². The van der Waals surface area contributed by atoms with Gasteiger partial charge in [0.15, 0.2) is 0 Å². The van der Waals surface area contributed by atoms with E-state index in [1.807, 2.05) is 11.3 Å². The van der Waals surface area contributed by atoms with E-state index < -0.39 is 0 Å². The van der Waals surface area contributed by atoms with Gasteiger partial charge in [-0.15, -0.1) is 11.3 Å². The summed E-state index contributed by atoms with van der Waals surface area (Å²) in [5.41, 5.74) is 7.04. The second-order valence-corrected chi connectivity index (χ2v) is 6.62. The molecule has 2 heteroatoms. The molecule has 0 radical (unpaired) electrons. The summed E-state index contributed by atoms with van der Waals surface area (Å²) < 4.78 is 0. The largest absolute Gasteiger partial charge is 0.305 e. The third-order valence-corrected chi connectivity index (χ3v) is 5.10. The SMILES string of the molecule is CCc1ccsc1CNC(C)c1cc(C)c(C)cc1C.